The maximum absolute atomic E-state index is 8.35. The van der Waals surface area contributed by atoms with Crippen molar-refractivity contribution in [3.63, 3.8) is 0 Å². The number of isocyanates is 2. The number of anilines is 2. The van der Waals surface area contributed by atoms with E-state index in [0.29, 0.717) is 0 Å². The highest BCUT2D eigenvalue weighted by Gasteiger charge is 2.13. The molecule has 0 spiro atoms. The van der Waals surface area contributed by atoms with E-state index in [4.69, 9.17) is 31.9 Å². The summed E-state index contributed by atoms with van der Waals surface area (Å²) in [5, 5.41) is 10.8. The zero-order valence-corrected chi connectivity index (χ0v) is 14.3. The van der Waals surface area contributed by atoms with E-state index in [1.165, 1.54) is 33.4 Å². The van der Waals surface area contributed by atoms with Crippen LogP contribution >= 0.6 is 0 Å². The summed E-state index contributed by atoms with van der Waals surface area (Å²) in [6.45, 7) is 8.42. The van der Waals surface area contributed by atoms with Crippen LogP contribution in [0, 0.1) is 38.5 Å². The molecule has 0 aliphatic rings. The molecule has 6 heteroatoms. The first-order valence-electron chi connectivity index (χ1n) is 7.06. The largest absolute Gasteiger partial charge is 0.399 e. The third-order valence-corrected chi connectivity index (χ3v) is 3.88. The van der Waals surface area contributed by atoms with Gasteiger partial charge in [-0.1, -0.05) is 19.6 Å². The number of nitrogens with two attached hydrogens (primary N) is 2. The summed E-state index contributed by atoms with van der Waals surface area (Å²) in [6, 6.07) is 8.02. The molecule has 134 valence electrons. The van der Waals surface area contributed by atoms with Crippen LogP contribution in [0.3, 0.4) is 0 Å². The van der Waals surface area contributed by atoms with Crippen molar-refractivity contribution < 1.29 is 9.59 Å². The molecule has 0 aromatic heterocycles. The minimum absolute atomic E-state index is 0. The molecule has 0 aliphatic heterocycles. The summed E-state index contributed by atoms with van der Waals surface area (Å²) in [5.74, 6) is 0. The Morgan fingerprint density at radius 2 is 1.08 bits per heavy atom. The SMILES string of the molecule is C.Cc1c(C)c(-c2ccc(N)cc2)c(C)c(C)c1N.N=C=O.N=C=O. The van der Waals surface area contributed by atoms with Crippen molar-refractivity contribution in [3.8, 4) is 11.1 Å². The van der Waals surface area contributed by atoms with Crippen LogP contribution in [0.2, 0.25) is 0 Å². The first-order valence-corrected chi connectivity index (χ1v) is 7.06. The number of nitrogen functional groups attached to an aromatic ring is 2. The molecule has 0 heterocycles. The molecule has 0 fully saturated rings. The summed E-state index contributed by atoms with van der Waals surface area (Å²) in [5.41, 5.74) is 20.9. The van der Waals surface area contributed by atoms with Gasteiger partial charge in [0.2, 0.25) is 12.2 Å². The molecule has 0 radical (unpaired) electrons. The van der Waals surface area contributed by atoms with Gasteiger partial charge in [0.25, 0.3) is 0 Å². The van der Waals surface area contributed by atoms with Crippen LogP contribution in [0.1, 0.15) is 29.7 Å². The van der Waals surface area contributed by atoms with Crippen LogP contribution in [0.25, 0.3) is 11.1 Å². The van der Waals surface area contributed by atoms with Crippen LogP contribution in [-0.4, -0.2) is 12.2 Å². The Morgan fingerprint density at radius 1 is 0.760 bits per heavy atom. The number of benzene rings is 2. The van der Waals surface area contributed by atoms with Gasteiger partial charge in [0, 0.05) is 11.4 Å². The average Bonchev–Trinajstić information content (AvgIpc) is 2.54. The number of hydrogen-bond donors (Lipinski definition) is 4. The summed E-state index contributed by atoms with van der Waals surface area (Å²) < 4.78 is 0. The summed E-state index contributed by atoms with van der Waals surface area (Å²) >= 11 is 0. The fourth-order valence-electron chi connectivity index (χ4n) is 2.42. The van der Waals surface area contributed by atoms with Crippen LogP contribution in [0.15, 0.2) is 24.3 Å². The first kappa shape index (κ1) is 24.1. The van der Waals surface area contributed by atoms with Crippen molar-refractivity contribution in [2.24, 2.45) is 0 Å². The molecule has 0 unspecified atom stereocenters. The highest BCUT2D eigenvalue weighted by atomic mass is 16.1. The first-order chi connectivity index (χ1) is 11.3. The Morgan fingerprint density at radius 3 is 1.40 bits per heavy atom. The molecule has 0 atom stereocenters. The fourth-order valence-corrected chi connectivity index (χ4v) is 2.42. The molecule has 25 heavy (non-hydrogen) atoms. The lowest BCUT2D eigenvalue weighted by Gasteiger charge is -2.18. The van der Waals surface area contributed by atoms with Gasteiger partial charge in [0.05, 0.1) is 0 Å². The molecule has 0 saturated carbocycles. The number of hydrogen-bond acceptors (Lipinski definition) is 6. The number of nitrogens with one attached hydrogen (secondary N) is 2. The van der Waals surface area contributed by atoms with Gasteiger partial charge in [0.15, 0.2) is 0 Å². The molecule has 2 aromatic rings. The monoisotopic (exact) mass is 342 g/mol. The van der Waals surface area contributed by atoms with E-state index in [1.807, 2.05) is 12.1 Å². The number of rotatable bonds is 1. The minimum atomic E-state index is 0. The van der Waals surface area contributed by atoms with Crippen molar-refractivity contribution in [3.05, 3.63) is 46.5 Å². The Labute approximate surface area is 148 Å². The van der Waals surface area contributed by atoms with E-state index in [1.54, 1.807) is 0 Å². The lowest BCUT2D eigenvalue weighted by atomic mass is 9.88. The topological polar surface area (TPSA) is 134 Å². The predicted octanol–water partition coefficient (Wildman–Crippen LogP) is 4.19. The molecule has 0 bridgehead atoms. The van der Waals surface area contributed by atoms with Gasteiger partial charge >= 0.3 is 0 Å². The lowest BCUT2D eigenvalue weighted by molar-refractivity contribution is 0.562. The van der Waals surface area contributed by atoms with E-state index in [0.717, 1.165) is 23.5 Å². The fraction of sp³-hybridized carbons (Fsp3) is 0.263. The molecule has 0 amide bonds. The number of carbonyl (C=O) groups excluding carboxylic acids is 2. The van der Waals surface area contributed by atoms with Crippen LogP contribution < -0.4 is 11.5 Å². The van der Waals surface area contributed by atoms with Crippen LogP contribution in [0.4, 0.5) is 11.4 Å². The normalized spacial score (nSPS) is 8.32. The third kappa shape index (κ3) is 6.07. The standard InChI is InChI=1S/C16H20N2.2CHNO.CH4/c1-9-11(3)16(18)12(4)10(2)15(9)13-5-7-14(17)8-6-13;2*2-1-3;/h5-8H,17-18H2,1-4H3;2*2H;1H4. The van der Waals surface area contributed by atoms with E-state index < -0.39 is 0 Å². The molecule has 6 nitrogen and oxygen atoms in total. The van der Waals surface area contributed by atoms with Gasteiger partial charge in [-0.05, 0) is 73.2 Å². The molecule has 0 aliphatic carbocycles. The lowest BCUT2D eigenvalue weighted by Crippen LogP contribution is -2.02. The second-order valence-electron chi connectivity index (χ2n) is 5.11. The highest BCUT2D eigenvalue weighted by molar-refractivity contribution is 5.78. The van der Waals surface area contributed by atoms with Gasteiger partial charge < -0.3 is 11.5 Å². The van der Waals surface area contributed by atoms with Crippen molar-refractivity contribution in [1.82, 2.24) is 0 Å². The van der Waals surface area contributed by atoms with Crippen molar-refractivity contribution in [2.75, 3.05) is 11.5 Å². The van der Waals surface area contributed by atoms with Crippen LogP contribution in [-0.2, 0) is 9.59 Å². The average molecular weight is 342 g/mol. The highest BCUT2D eigenvalue weighted by Crippen LogP contribution is 2.35. The van der Waals surface area contributed by atoms with Crippen molar-refractivity contribution in [2.45, 2.75) is 35.1 Å². The van der Waals surface area contributed by atoms with Gasteiger partial charge in [-0.2, -0.15) is 0 Å². The minimum Gasteiger partial charge on any atom is -0.399 e. The van der Waals surface area contributed by atoms with E-state index in [9.17, 15) is 0 Å². The Hall–Kier alpha value is -3.20. The summed E-state index contributed by atoms with van der Waals surface area (Å²) in [4.78, 5) is 16.7. The van der Waals surface area contributed by atoms with E-state index in [-0.39, 0.29) is 7.43 Å². The summed E-state index contributed by atoms with van der Waals surface area (Å²) in [6.07, 6.45) is 1.50. The van der Waals surface area contributed by atoms with Gasteiger partial charge in [-0.3, -0.25) is 0 Å². The molecule has 6 N–H and O–H groups in total. The van der Waals surface area contributed by atoms with Gasteiger partial charge in [-0.25, -0.2) is 20.4 Å². The predicted molar refractivity (Wildman–Crippen MR) is 103 cm³/mol. The molecule has 2 aromatic carbocycles. The summed E-state index contributed by atoms with van der Waals surface area (Å²) in [7, 11) is 0. The van der Waals surface area contributed by atoms with Crippen molar-refractivity contribution in [1.29, 1.82) is 10.8 Å². The zero-order valence-electron chi connectivity index (χ0n) is 14.3. The van der Waals surface area contributed by atoms with E-state index >= 15 is 0 Å². The second-order valence-corrected chi connectivity index (χ2v) is 5.11. The molecule has 0 saturated heterocycles. The van der Waals surface area contributed by atoms with Gasteiger partial charge in [0.1, 0.15) is 0 Å². The van der Waals surface area contributed by atoms with Crippen molar-refractivity contribution >= 4 is 23.5 Å². The van der Waals surface area contributed by atoms with Gasteiger partial charge in [-0.15, -0.1) is 0 Å². The Kier molecular flexibility index (Phi) is 10.9. The quantitative estimate of drug-likeness (QED) is 0.351. The van der Waals surface area contributed by atoms with Crippen LogP contribution in [0.5, 0.6) is 0 Å². The maximum Gasteiger partial charge on any atom is 0.231 e. The smallest absolute Gasteiger partial charge is 0.231 e. The Bertz CT molecular complexity index is 728. The third-order valence-electron chi connectivity index (χ3n) is 3.88. The Balaban J connectivity index is 0. The zero-order chi connectivity index (χ0) is 18.9. The molecule has 2 rings (SSSR count). The van der Waals surface area contributed by atoms with E-state index in [2.05, 4.69) is 39.8 Å². The molecular weight excluding hydrogens is 316 g/mol. The molecular formula is C19H26N4O2. The second kappa shape index (κ2) is 11.4. The maximum atomic E-state index is 8.35.